The van der Waals surface area contributed by atoms with Crippen molar-refractivity contribution in [3.8, 4) is 11.1 Å². The van der Waals surface area contributed by atoms with Crippen molar-refractivity contribution >= 4 is 40.8 Å². The van der Waals surface area contributed by atoms with Gasteiger partial charge in [-0.3, -0.25) is 4.79 Å². The summed E-state index contributed by atoms with van der Waals surface area (Å²) in [6, 6.07) is 4.22. The Morgan fingerprint density at radius 2 is 1.80 bits per heavy atom. The van der Waals surface area contributed by atoms with Crippen LogP contribution < -0.4 is 0 Å². The van der Waals surface area contributed by atoms with E-state index in [1.165, 1.54) is 24.4 Å². The number of halogens is 4. The first-order valence-electron chi connectivity index (χ1n) is 5.40. The number of carboxylic acid groups (broad SMARTS) is 1. The first kappa shape index (κ1) is 15.0. The van der Waals surface area contributed by atoms with Gasteiger partial charge in [0.15, 0.2) is 0 Å². The highest BCUT2D eigenvalue weighted by molar-refractivity contribution is 6.41. The molecule has 20 heavy (non-hydrogen) atoms. The maximum atomic E-state index is 14.0. The molecule has 0 bridgehead atoms. The number of aliphatic carboxylic acids is 1. The third-order valence-corrected chi connectivity index (χ3v) is 3.40. The Kier molecular flexibility index (Phi) is 4.48. The predicted molar refractivity (Wildman–Crippen MR) is 76.0 cm³/mol. The lowest BCUT2D eigenvalue weighted by atomic mass is 9.99. The number of aromatic nitrogens is 1. The van der Waals surface area contributed by atoms with Gasteiger partial charge in [0.2, 0.25) is 5.95 Å². The minimum absolute atomic E-state index is 0.0263. The van der Waals surface area contributed by atoms with Crippen LogP contribution in [0.2, 0.25) is 15.1 Å². The van der Waals surface area contributed by atoms with Crippen LogP contribution in [0.1, 0.15) is 5.56 Å². The molecule has 104 valence electrons. The van der Waals surface area contributed by atoms with Crippen molar-refractivity contribution in [3.63, 3.8) is 0 Å². The number of carboxylic acids is 1. The zero-order valence-corrected chi connectivity index (χ0v) is 12.1. The minimum atomic E-state index is -1.10. The molecular formula is C13H7Cl3FNO2. The predicted octanol–water partition coefficient (Wildman–Crippen LogP) is 4.48. The van der Waals surface area contributed by atoms with Gasteiger partial charge >= 0.3 is 5.97 Å². The van der Waals surface area contributed by atoms with E-state index < -0.39 is 11.9 Å². The van der Waals surface area contributed by atoms with E-state index in [4.69, 9.17) is 39.9 Å². The minimum Gasteiger partial charge on any atom is -0.481 e. The molecule has 2 aromatic rings. The molecule has 1 aromatic carbocycles. The molecule has 3 nitrogen and oxygen atoms in total. The van der Waals surface area contributed by atoms with Gasteiger partial charge in [0, 0.05) is 22.3 Å². The van der Waals surface area contributed by atoms with Crippen molar-refractivity contribution in [1.29, 1.82) is 0 Å². The standard InChI is InChI=1S/C13H7Cl3FNO2/c14-7-4-8(15)12(9(16)5-7)11-6(3-10(19)20)1-2-18-13(11)17/h1-2,4-5H,3H2,(H,19,20). The van der Waals surface area contributed by atoms with E-state index in [0.29, 0.717) is 5.02 Å². The number of hydrogen-bond acceptors (Lipinski definition) is 2. The van der Waals surface area contributed by atoms with Gasteiger partial charge in [0.1, 0.15) is 0 Å². The molecule has 0 aliphatic heterocycles. The van der Waals surface area contributed by atoms with E-state index in [9.17, 15) is 9.18 Å². The Hall–Kier alpha value is -1.36. The van der Waals surface area contributed by atoms with E-state index in [1.54, 1.807) is 0 Å². The zero-order chi connectivity index (χ0) is 14.9. The second-order valence-corrected chi connectivity index (χ2v) is 5.20. The number of carbonyl (C=O) groups is 1. The van der Waals surface area contributed by atoms with Crippen molar-refractivity contribution < 1.29 is 14.3 Å². The van der Waals surface area contributed by atoms with E-state index in [1.807, 2.05) is 0 Å². The maximum absolute atomic E-state index is 14.0. The summed E-state index contributed by atoms with van der Waals surface area (Å²) in [5.41, 5.74) is 0.386. The average molecular weight is 335 g/mol. The number of rotatable bonds is 3. The summed E-state index contributed by atoms with van der Waals surface area (Å²) < 4.78 is 14.0. The molecule has 1 aromatic heterocycles. The molecule has 7 heteroatoms. The molecule has 0 saturated heterocycles. The first-order valence-corrected chi connectivity index (χ1v) is 6.53. The third kappa shape index (κ3) is 3.03. The van der Waals surface area contributed by atoms with E-state index in [0.717, 1.165) is 0 Å². The fraction of sp³-hybridized carbons (Fsp3) is 0.0769. The zero-order valence-electron chi connectivity index (χ0n) is 9.83. The molecule has 0 radical (unpaired) electrons. The van der Waals surface area contributed by atoms with Crippen molar-refractivity contribution in [1.82, 2.24) is 4.98 Å². The highest BCUT2D eigenvalue weighted by Crippen LogP contribution is 2.39. The quantitative estimate of drug-likeness (QED) is 0.842. The van der Waals surface area contributed by atoms with Crippen LogP contribution in [0.15, 0.2) is 24.4 Å². The molecule has 0 amide bonds. The molecule has 0 saturated carbocycles. The number of pyridine rings is 1. The summed E-state index contributed by atoms with van der Waals surface area (Å²) in [5.74, 6) is -1.94. The lowest BCUT2D eigenvalue weighted by molar-refractivity contribution is -0.136. The topological polar surface area (TPSA) is 50.2 Å². The molecule has 0 unspecified atom stereocenters. The Bertz CT molecular complexity index is 668. The van der Waals surface area contributed by atoms with Crippen LogP contribution in [0.5, 0.6) is 0 Å². The van der Waals surface area contributed by atoms with Gasteiger partial charge in [-0.25, -0.2) is 4.98 Å². The lowest BCUT2D eigenvalue weighted by Crippen LogP contribution is -2.04. The average Bonchev–Trinajstić information content (AvgIpc) is 2.30. The number of nitrogens with zero attached hydrogens (tertiary/aromatic N) is 1. The number of hydrogen-bond donors (Lipinski definition) is 1. The Labute approximate surface area is 128 Å². The second-order valence-electron chi connectivity index (χ2n) is 3.95. The van der Waals surface area contributed by atoms with Crippen LogP contribution in [-0.2, 0) is 11.2 Å². The van der Waals surface area contributed by atoms with Crippen molar-refractivity contribution in [2.24, 2.45) is 0 Å². The highest BCUT2D eigenvalue weighted by Gasteiger charge is 2.20. The van der Waals surface area contributed by atoms with Gasteiger partial charge in [-0.15, -0.1) is 0 Å². The summed E-state index contributed by atoms with van der Waals surface area (Å²) in [5, 5.41) is 9.43. The normalized spacial score (nSPS) is 10.6. The lowest BCUT2D eigenvalue weighted by Gasteiger charge is -2.12. The van der Waals surface area contributed by atoms with Crippen molar-refractivity contribution in [2.75, 3.05) is 0 Å². The van der Waals surface area contributed by atoms with Crippen molar-refractivity contribution in [2.45, 2.75) is 6.42 Å². The van der Waals surface area contributed by atoms with Gasteiger partial charge in [-0.2, -0.15) is 4.39 Å². The third-order valence-electron chi connectivity index (χ3n) is 2.59. The van der Waals surface area contributed by atoms with Crippen LogP contribution in [-0.4, -0.2) is 16.1 Å². The molecule has 0 fully saturated rings. The van der Waals surface area contributed by atoms with E-state index >= 15 is 0 Å². The summed E-state index contributed by atoms with van der Waals surface area (Å²) in [7, 11) is 0. The van der Waals surface area contributed by atoms with Crippen LogP contribution in [0.4, 0.5) is 4.39 Å². The van der Waals surface area contributed by atoms with Crippen molar-refractivity contribution in [3.05, 3.63) is 51.0 Å². The maximum Gasteiger partial charge on any atom is 0.307 e. The Balaban J connectivity index is 2.72. The largest absolute Gasteiger partial charge is 0.481 e. The SMILES string of the molecule is O=C(O)Cc1ccnc(F)c1-c1c(Cl)cc(Cl)cc1Cl. The van der Waals surface area contributed by atoms with Crippen LogP contribution in [0.3, 0.4) is 0 Å². The number of benzene rings is 1. The van der Waals surface area contributed by atoms with Gasteiger partial charge < -0.3 is 5.11 Å². The molecule has 2 rings (SSSR count). The summed E-state index contributed by atoms with van der Waals surface area (Å²) >= 11 is 17.9. The fourth-order valence-electron chi connectivity index (χ4n) is 1.83. The van der Waals surface area contributed by atoms with E-state index in [-0.39, 0.29) is 33.2 Å². The Morgan fingerprint density at radius 1 is 1.20 bits per heavy atom. The summed E-state index contributed by atoms with van der Waals surface area (Å²) in [4.78, 5) is 14.4. The van der Waals surface area contributed by atoms with Gasteiger partial charge in [0.25, 0.3) is 0 Å². The van der Waals surface area contributed by atoms with Gasteiger partial charge in [-0.05, 0) is 23.8 Å². The molecule has 0 aliphatic carbocycles. The molecule has 0 spiro atoms. The Morgan fingerprint density at radius 3 is 2.35 bits per heavy atom. The molecular weight excluding hydrogens is 328 g/mol. The van der Waals surface area contributed by atoms with Gasteiger partial charge in [-0.1, -0.05) is 34.8 Å². The highest BCUT2D eigenvalue weighted by atomic mass is 35.5. The monoisotopic (exact) mass is 333 g/mol. The molecule has 0 atom stereocenters. The summed E-state index contributed by atoms with van der Waals surface area (Å²) in [6.45, 7) is 0. The van der Waals surface area contributed by atoms with Gasteiger partial charge in [0.05, 0.1) is 16.5 Å². The van der Waals surface area contributed by atoms with Crippen LogP contribution in [0.25, 0.3) is 11.1 Å². The first-order chi connectivity index (χ1) is 9.40. The smallest absolute Gasteiger partial charge is 0.307 e. The molecule has 0 aliphatic rings. The molecule has 1 heterocycles. The molecule has 1 N–H and O–H groups in total. The summed E-state index contributed by atoms with van der Waals surface area (Å²) in [6.07, 6.45) is 0.818. The van der Waals surface area contributed by atoms with E-state index in [2.05, 4.69) is 4.98 Å². The second kappa shape index (κ2) is 5.95. The van der Waals surface area contributed by atoms with Crippen LogP contribution in [0, 0.1) is 5.95 Å². The fourth-order valence-corrected chi connectivity index (χ4v) is 2.83. The van der Waals surface area contributed by atoms with Crippen LogP contribution >= 0.6 is 34.8 Å².